The molecule has 5 rings (SSSR count). The minimum absolute atomic E-state index is 0. The van der Waals surface area contributed by atoms with Crippen LogP contribution in [0.2, 0.25) is 5.02 Å². The number of anilines is 1. The van der Waals surface area contributed by atoms with E-state index < -0.39 is 41.2 Å². The number of phenolic OH excluding ortho intramolecular Hbond substituents is 2. The molecule has 1 amide bonds. The molecule has 36 heavy (non-hydrogen) atoms. The number of hydrogen-bond acceptors (Lipinski definition) is 7. The van der Waals surface area contributed by atoms with Gasteiger partial charge in [0, 0.05) is 45.3 Å². The second-order valence-corrected chi connectivity index (χ2v) is 9.00. The molecule has 0 fully saturated rings. The van der Waals surface area contributed by atoms with Gasteiger partial charge in [0.1, 0.15) is 18.1 Å². The van der Waals surface area contributed by atoms with Crippen molar-refractivity contribution in [3.63, 3.8) is 0 Å². The number of ether oxygens (including phenoxy) is 1. The van der Waals surface area contributed by atoms with Crippen LogP contribution in [0.1, 0.15) is 55.3 Å². The average Bonchev–Trinajstić information content (AvgIpc) is 2.84. The molecule has 2 aliphatic rings. The maximum absolute atomic E-state index is 13.2. The van der Waals surface area contributed by atoms with Gasteiger partial charge in [0.05, 0.1) is 17.2 Å². The maximum Gasteiger partial charge on any atom is 0.411 e. The summed E-state index contributed by atoms with van der Waals surface area (Å²) in [6.45, 7) is -0.242. The number of rotatable bonds is 3. The molecule has 0 saturated heterocycles. The largest absolute Gasteiger partial charge is 0.507 e. The molecule has 0 bridgehead atoms. The van der Waals surface area contributed by atoms with E-state index in [-0.39, 0.29) is 65.2 Å². The van der Waals surface area contributed by atoms with Crippen molar-refractivity contribution in [2.24, 2.45) is 0 Å². The zero-order valence-electron chi connectivity index (χ0n) is 18.7. The highest BCUT2D eigenvalue weighted by Gasteiger charge is 2.41. The summed E-state index contributed by atoms with van der Waals surface area (Å²) in [6, 6.07) is 12.6. The number of aromatic hydroxyl groups is 2. The van der Waals surface area contributed by atoms with Gasteiger partial charge in [-0.1, -0.05) is 35.9 Å². The van der Waals surface area contributed by atoms with Crippen LogP contribution < -0.4 is 5.32 Å². The van der Waals surface area contributed by atoms with E-state index in [2.05, 4.69) is 5.32 Å². The molecule has 3 aromatic rings. The summed E-state index contributed by atoms with van der Waals surface area (Å²) < 4.78 is 5.33. The molecule has 0 spiro atoms. The standard InChI is InChI=1S/C26H20ClNO7.ClH/c27-13-5-7-14(8-6-13)28-26(34)35-11-12-9-15(29)10-18-19(12)25(33)21-20(24(18)32)22(30)16-3-1-2-4-17(16)23(21)31;/h1-8,12,15,29,32-33H,9-11H2,(H,28,34);1H. The molecule has 2 unspecified atom stereocenters. The first-order valence-corrected chi connectivity index (χ1v) is 11.3. The van der Waals surface area contributed by atoms with E-state index in [1.54, 1.807) is 36.4 Å². The summed E-state index contributed by atoms with van der Waals surface area (Å²) in [5.74, 6) is -2.78. The first-order chi connectivity index (χ1) is 16.8. The SMILES string of the molecule is Cl.O=C(Nc1ccc(Cl)cc1)OCC1CC(O)Cc2c(O)c3c(c(O)c21)C(=O)c1ccccc1C3=O. The fourth-order valence-electron chi connectivity index (χ4n) is 4.81. The summed E-state index contributed by atoms with van der Waals surface area (Å²) in [7, 11) is 0. The van der Waals surface area contributed by atoms with Gasteiger partial charge >= 0.3 is 6.09 Å². The third-order valence-electron chi connectivity index (χ3n) is 6.37. The lowest BCUT2D eigenvalue weighted by atomic mass is 9.74. The number of carbonyl (C=O) groups excluding carboxylic acids is 3. The van der Waals surface area contributed by atoms with Crippen molar-refractivity contribution in [3.8, 4) is 11.5 Å². The van der Waals surface area contributed by atoms with Crippen molar-refractivity contribution < 1.29 is 34.4 Å². The molecule has 2 atom stereocenters. The zero-order chi connectivity index (χ0) is 24.9. The van der Waals surface area contributed by atoms with Gasteiger partial charge < -0.3 is 20.1 Å². The van der Waals surface area contributed by atoms with E-state index in [1.165, 1.54) is 12.1 Å². The number of benzene rings is 3. The number of hydrogen-bond donors (Lipinski definition) is 4. The molecular weight excluding hydrogens is 509 g/mol. The van der Waals surface area contributed by atoms with E-state index in [0.717, 1.165) is 0 Å². The minimum atomic E-state index is -0.916. The smallest absolute Gasteiger partial charge is 0.411 e. The van der Waals surface area contributed by atoms with Crippen LogP contribution in [0, 0.1) is 0 Å². The summed E-state index contributed by atoms with van der Waals surface area (Å²) >= 11 is 5.84. The molecule has 186 valence electrons. The molecule has 0 aromatic heterocycles. The van der Waals surface area contributed by atoms with Gasteiger partial charge in [-0.2, -0.15) is 0 Å². The molecule has 0 radical (unpaired) electrons. The van der Waals surface area contributed by atoms with Crippen LogP contribution in [0.5, 0.6) is 11.5 Å². The van der Waals surface area contributed by atoms with Crippen LogP contribution in [-0.4, -0.2) is 45.7 Å². The molecule has 3 aromatic carbocycles. The van der Waals surface area contributed by atoms with E-state index in [4.69, 9.17) is 16.3 Å². The van der Waals surface area contributed by atoms with Gasteiger partial charge in [-0.05, 0) is 30.7 Å². The average molecular weight is 530 g/mol. The van der Waals surface area contributed by atoms with E-state index in [9.17, 15) is 29.7 Å². The maximum atomic E-state index is 13.2. The Balaban J connectivity index is 0.00000304. The Labute approximate surface area is 216 Å². The number of carbonyl (C=O) groups is 3. The van der Waals surface area contributed by atoms with Gasteiger partial charge in [0.25, 0.3) is 0 Å². The number of phenols is 2. The first-order valence-electron chi connectivity index (χ1n) is 10.9. The third-order valence-corrected chi connectivity index (χ3v) is 6.62. The van der Waals surface area contributed by atoms with Crippen LogP contribution in [0.25, 0.3) is 0 Å². The predicted octanol–water partition coefficient (Wildman–Crippen LogP) is 4.59. The number of fused-ring (bicyclic) bond motifs is 3. The number of aliphatic hydroxyl groups excluding tert-OH is 1. The second kappa shape index (κ2) is 9.81. The zero-order valence-corrected chi connectivity index (χ0v) is 20.2. The van der Waals surface area contributed by atoms with Crippen molar-refractivity contribution in [2.45, 2.75) is 24.9 Å². The van der Waals surface area contributed by atoms with Crippen molar-refractivity contribution in [1.29, 1.82) is 0 Å². The fourth-order valence-corrected chi connectivity index (χ4v) is 4.94. The van der Waals surface area contributed by atoms with Crippen LogP contribution in [-0.2, 0) is 11.2 Å². The number of aliphatic hydroxyl groups is 1. The molecule has 0 saturated carbocycles. The highest BCUT2D eigenvalue weighted by atomic mass is 35.5. The Morgan fingerprint density at radius 2 is 1.56 bits per heavy atom. The van der Waals surface area contributed by atoms with Gasteiger partial charge in [-0.15, -0.1) is 12.4 Å². The fraction of sp³-hybridized carbons (Fsp3) is 0.192. The Kier molecular flexibility index (Phi) is 6.95. The van der Waals surface area contributed by atoms with E-state index in [1.807, 2.05) is 0 Å². The molecule has 2 aliphatic carbocycles. The summed E-state index contributed by atoms with van der Waals surface area (Å²) in [4.78, 5) is 38.6. The monoisotopic (exact) mass is 529 g/mol. The van der Waals surface area contributed by atoms with Crippen LogP contribution in [0.3, 0.4) is 0 Å². The van der Waals surface area contributed by atoms with Crippen LogP contribution in [0.15, 0.2) is 48.5 Å². The summed E-state index contributed by atoms with van der Waals surface area (Å²) in [5, 5.41) is 35.7. The van der Waals surface area contributed by atoms with Crippen LogP contribution in [0.4, 0.5) is 10.5 Å². The Morgan fingerprint density at radius 3 is 2.17 bits per heavy atom. The number of amides is 1. The Bertz CT molecular complexity index is 1390. The number of nitrogens with one attached hydrogen (secondary N) is 1. The second-order valence-electron chi connectivity index (χ2n) is 8.56. The van der Waals surface area contributed by atoms with Crippen molar-refractivity contribution in [2.75, 3.05) is 11.9 Å². The number of halogens is 2. The van der Waals surface area contributed by atoms with Crippen molar-refractivity contribution >= 4 is 47.4 Å². The lowest BCUT2D eigenvalue weighted by Crippen LogP contribution is -2.30. The molecule has 0 aliphatic heterocycles. The molecule has 0 heterocycles. The van der Waals surface area contributed by atoms with Gasteiger partial charge in [0.15, 0.2) is 11.6 Å². The topological polar surface area (TPSA) is 133 Å². The lowest BCUT2D eigenvalue weighted by molar-refractivity contribution is 0.0968. The summed E-state index contributed by atoms with van der Waals surface area (Å²) in [6.07, 6.45) is -1.60. The predicted molar refractivity (Wildman–Crippen MR) is 134 cm³/mol. The van der Waals surface area contributed by atoms with Gasteiger partial charge in [0.2, 0.25) is 0 Å². The van der Waals surface area contributed by atoms with Gasteiger partial charge in [-0.3, -0.25) is 14.9 Å². The summed E-state index contributed by atoms with van der Waals surface area (Å²) in [5.41, 5.74) is 0.510. The van der Waals surface area contributed by atoms with Gasteiger partial charge in [-0.25, -0.2) is 4.79 Å². The normalized spacial score (nSPS) is 17.8. The molecule has 10 heteroatoms. The molecule has 4 N–H and O–H groups in total. The molecule has 8 nitrogen and oxygen atoms in total. The van der Waals surface area contributed by atoms with Crippen molar-refractivity contribution in [1.82, 2.24) is 0 Å². The quantitative estimate of drug-likeness (QED) is 0.285. The molecular formula is C26H21Cl2NO7. The highest BCUT2D eigenvalue weighted by molar-refractivity contribution is 6.31. The number of ketones is 2. The Morgan fingerprint density at radius 1 is 0.972 bits per heavy atom. The first kappa shape index (κ1) is 25.5. The minimum Gasteiger partial charge on any atom is -0.507 e. The Hall–Kier alpha value is -3.59. The van der Waals surface area contributed by atoms with Crippen LogP contribution >= 0.6 is 24.0 Å². The van der Waals surface area contributed by atoms with E-state index in [0.29, 0.717) is 10.7 Å². The third kappa shape index (κ3) is 4.28. The van der Waals surface area contributed by atoms with Crippen molar-refractivity contribution in [3.05, 3.63) is 86.9 Å². The lowest BCUT2D eigenvalue weighted by Gasteiger charge is -2.32. The highest BCUT2D eigenvalue weighted by Crippen LogP contribution is 2.49. The van der Waals surface area contributed by atoms with E-state index >= 15 is 0 Å².